The maximum atomic E-state index is 11.8. The summed E-state index contributed by atoms with van der Waals surface area (Å²) < 4.78 is 1.93. The van der Waals surface area contributed by atoms with Gasteiger partial charge in [-0.2, -0.15) is 9.78 Å². The molecule has 0 aliphatic carbocycles. The first kappa shape index (κ1) is 10.1. The summed E-state index contributed by atoms with van der Waals surface area (Å²) in [6.07, 6.45) is 1.67. The van der Waals surface area contributed by atoms with Gasteiger partial charge in [-0.05, 0) is 40.5 Å². The predicted octanol–water partition coefficient (Wildman–Crippen LogP) is 2.30. The van der Waals surface area contributed by atoms with Crippen molar-refractivity contribution >= 4 is 15.9 Å². The summed E-state index contributed by atoms with van der Waals surface area (Å²) in [5, 5.41) is 4.08. The van der Waals surface area contributed by atoms with Gasteiger partial charge in [-0.1, -0.05) is 18.2 Å². The van der Waals surface area contributed by atoms with Crippen molar-refractivity contribution in [2.24, 2.45) is 0 Å². The Balaban J connectivity index is 2.66. The Hall–Kier alpha value is -1.42. The lowest BCUT2D eigenvalue weighted by Crippen LogP contribution is -2.22. The van der Waals surface area contributed by atoms with E-state index in [-0.39, 0.29) is 5.56 Å². The van der Waals surface area contributed by atoms with E-state index in [1.165, 1.54) is 4.68 Å². The van der Waals surface area contributed by atoms with E-state index in [0.29, 0.717) is 4.47 Å². The van der Waals surface area contributed by atoms with Crippen molar-refractivity contribution in [2.45, 2.75) is 6.92 Å². The number of aryl methyl sites for hydroxylation is 1. The van der Waals surface area contributed by atoms with E-state index >= 15 is 0 Å². The molecule has 0 unspecified atom stereocenters. The zero-order valence-electron chi connectivity index (χ0n) is 8.14. The van der Waals surface area contributed by atoms with Gasteiger partial charge >= 0.3 is 0 Å². The second-order valence-electron chi connectivity index (χ2n) is 3.19. The summed E-state index contributed by atoms with van der Waals surface area (Å²) in [6, 6.07) is 9.33. The molecule has 15 heavy (non-hydrogen) atoms. The highest BCUT2D eigenvalue weighted by molar-refractivity contribution is 9.10. The first-order valence-corrected chi connectivity index (χ1v) is 5.29. The van der Waals surface area contributed by atoms with Crippen LogP contribution >= 0.6 is 15.9 Å². The average Bonchev–Trinajstić information content (AvgIpc) is 2.27. The average molecular weight is 265 g/mol. The third-order valence-corrected chi connectivity index (χ3v) is 3.06. The highest BCUT2D eigenvalue weighted by atomic mass is 79.9. The fourth-order valence-electron chi connectivity index (χ4n) is 1.27. The van der Waals surface area contributed by atoms with Crippen molar-refractivity contribution in [1.29, 1.82) is 0 Å². The van der Waals surface area contributed by atoms with Crippen LogP contribution in [0.5, 0.6) is 0 Å². The van der Waals surface area contributed by atoms with Crippen LogP contribution in [0.2, 0.25) is 0 Å². The molecule has 0 atom stereocenters. The van der Waals surface area contributed by atoms with Gasteiger partial charge in [0.2, 0.25) is 0 Å². The Kier molecular flexibility index (Phi) is 2.68. The van der Waals surface area contributed by atoms with Gasteiger partial charge in [-0.15, -0.1) is 0 Å². The van der Waals surface area contributed by atoms with Crippen LogP contribution in [0.1, 0.15) is 5.56 Å². The molecular weight excluding hydrogens is 256 g/mol. The van der Waals surface area contributed by atoms with Crippen molar-refractivity contribution in [3.05, 3.63) is 56.9 Å². The van der Waals surface area contributed by atoms with E-state index in [0.717, 1.165) is 11.3 Å². The van der Waals surface area contributed by atoms with Crippen LogP contribution in [-0.2, 0) is 0 Å². The molecule has 4 heteroatoms. The smallest absolute Gasteiger partial charge is 0.266 e. The van der Waals surface area contributed by atoms with Crippen molar-refractivity contribution in [2.75, 3.05) is 0 Å². The summed E-state index contributed by atoms with van der Waals surface area (Å²) >= 11 is 3.25. The predicted molar refractivity (Wildman–Crippen MR) is 62.3 cm³/mol. The molecule has 0 saturated heterocycles. The van der Waals surface area contributed by atoms with Crippen LogP contribution in [0.3, 0.4) is 0 Å². The van der Waals surface area contributed by atoms with E-state index in [4.69, 9.17) is 0 Å². The van der Waals surface area contributed by atoms with Crippen LogP contribution in [0.4, 0.5) is 0 Å². The monoisotopic (exact) mass is 264 g/mol. The van der Waals surface area contributed by atoms with Crippen molar-refractivity contribution in [3.8, 4) is 5.69 Å². The van der Waals surface area contributed by atoms with Gasteiger partial charge in [0.15, 0.2) is 0 Å². The van der Waals surface area contributed by atoms with Crippen LogP contribution in [0.25, 0.3) is 5.69 Å². The molecule has 1 aromatic carbocycles. The summed E-state index contributed by atoms with van der Waals surface area (Å²) in [4.78, 5) is 11.8. The number of benzene rings is 1. The maximum Gasteiger partial charge on any atom is 0.286 e. The third-order valence-electron chi connectivity index (χ3n) is 2.09. The molecule has 0 N–H and O–H groups in total. The Bertz CT molecular complexity index is 534. The zero-order chi connectivity index (χ0) is 10.8. The lowest BCUT2D eigenvalue weighted by atomic mass is 10.3. The number of aromatic nitrogens is 2. The van der Waals surface area contributed by atoms with E-state index in [2.05, 4.69) is 21.0 Å². The fourth-order valence-corrected chi connectivity index (χ4v) is 1.54. The lowest BCUT2D eigenvalue weighted by Gasteiger charge is -2.05. The summed E-state index contributed by atoms with van der Waals surface area (Å²) in [7, 11) is 0. The van der Waals surface area contributed by atoms with Gasteiger partial charge in [0.05, 0.1) is 16.4 Å². The molecule has 1 aromatic heterocycles. The summed E-state index contributed by atoms with van der Waals surface area (Å²) in [6.45, 7) is 1.84. The number of para-hydroxylation sites is 1. The lowest BCUT2D eigenvalue weighted by molar-refractivity contribution is 0.793. The number of hydrogen-bond donors (Lipinski definition) is 0. The zero-order valence-corrected chi connectivity index (χ0v) is 9.73. The molecule has 0 saturated carbocycles. The molecule has 2 rings (SSSR count). The van der Waals surface area contributed by atoms with Crippen LogP contribution in [-0.4, -0.2) is 9.78 Å². The van der Waals surface area contributed by atoms with E-state index < -0.39 is 0 Å². The minimum Gasteiger partial charge on any atom is -0.266 e. The largest absolute Gasteiger partial charge is 0.286 e. The number of hydrogen-bond acceptors (Lipinski definition) is 2. The van der Waals surface area contributed by atoms with Gasteiger partial charge in [-0.3, -0.25) is 4.79 Å². The molecule has 0 aliphatic heterocycles. The van der Waals surface area contributed by atoms with Crippen molar-refractivity contribution in [3.63, 3.8) is 0 Å². The number of halogens is 1. The van der Waals surface area contributed by atoms with Crippen molar-refractivity contribution < 1.29 is 0 Å². The highest BCUT2D eigenvalue weighted by Gasteiger charge is 2.06. The molecule has 0 fully saturated rings. The van der Waals surface area contributed by atoms with Gasteiger partial charge in [-0.25, -0.2) is 0 Å². The van der Waals surface area contributed by atoms with Crippen LogP contribution in [0, 0.1) is 6.92 Å². The standard InChI is InChI=1S/C11H9BrN2O/c1-8-7-13-14(11(15)10(8)12)9-5-3-2-4-6-9/h2-7H,1H3. The molecule has 0 spiro atoms. The number of rotatable bonds is 1. The SMILES string of the molecule is Cc1cnn(-c2ccccc2)c(=O)c1Br. The molecular formula is C11H9BrN2O. The van der Waals surface area contributed by atoms with Crippen LogP contribution in [0.15, 0.2) is 45.8 Å². The Labute approximate surface area is 95.5 Å². The number of nitrogens with zero attached hydrogens (tertiary/aromatic N) is 2. The first-order chi connectivity index (χ1) is 7.20. The molecule has 1 heterocycles. The van der Waals surface area contributed by atoms with Crippen molar-refractivity contribution in [1.82, 2.24) is 9.78 Å². The Morgan fingerprint density at radius 3 is 2.60 bits per heavy atom. The molecule has 0 radical (unpaired) electrons. The molecule has 0 amide bonds. The molecule has 76 valence electrons. The van der Waals surface area contributed by atoms with E-state index in [1.54, 1.807) is 6.20 Å². The normalized spacial score (nSPS) is 10.3. The molecule has 2 aromatic rings. The van der Waals surface area contributed by atoms with E-state index in [9.17, 15) is 4.79 Å². The molecule has 0 bridgehead atoms. The Morgan fingerprint density at radius 2 is 1.93 bits per heavy atom. The summed E-state index contributed by atoms with van der Waals surface area (Å²) in [5.41, 5.74) is 1.47. The molecule has 3 nitrogen and oxygen atoms in total. The topological polar surface area (TPSA) is 34.9 Å². The van der Waals surface area contributed by atoms with Gasteiger partial charge in [0, 0.05) is 0 Å². The minimum atomic E-state index is -0.138. The summed E-state index contributed by atoms with van der Waals surface area (Å²) in [5.74, 6) is 0. The van der Waals surface area contributed by atoms with E-state index in [1.807, 2.05) is 37.3 Å². The first-order valence-electron chi connectivity index (χ1n) is 4.50. The second-order valence-corrected chi connectivity index (χ2v) is 3.99. The fraction of sp³-hybridized carbons (Fsp3) is 0.0909. The highest BCUT2D eigenvalue weighted by Crippen LogP contribution is 2.10. The van der Waals surface area contributed by atoms with Gasteiger partial charge < -0.3 is 0 Å². The molecule has 0 aliphatic rings. The third kappa shape index (κ3) is 1.85. The quantitative estimate of drug-likeness (QED) is 0.793. The van der Waals surface area contributed by atoms with Crippen LogP contribution < -0.4 is 5.56 Å². The van der Waals surface area contributed by atoms with Gasteiger partial charge in [0.25, 0.3) is 5.56 Å². The second kappa shape index (κ2) is 3.98. The Morgan fingerprint density at radius 1 is 1.27 bits per heavy atom. The maximum absolute atomic E-state index is 11.8. The van der Waals surface area contributed by atoms with Gasteiger partial charge in [0.1, 0.15) is 0 Å². The minimum absolute atomic E-state index is 0.138.